The summed E-state index contributed by atoms with van der Waals surface area (Å²) in [7, 11) is 0. The molecule has 0 amide bonds. The lowest BCUT2D eigenvalue weighted by atomic mass is 9.55. The molecule has 6 fully saturated rings. The zero-order valence-corrected chi connectivity index (χ0v) is 16.6. The van der Waals surface area contributed by atoms with Gasteiger partial charge in [0.2, 0.25) is 0 Å². The zero-order valence-electron chi connectivity index (χ0n) is 16.6. The molecule has 1 nitrogen and oxygen atoms in total. The van der Waals surface area contributed by atoms with Crippen LogP contribution in [0.5, 0.6) is 0 Å². The topological polar surface area (TPSA) is 20.2 Å². The van der Waals surface area contributed by atoms with Gasteiger partial charge in [0.25, 0.3) is 0 Å². The second kappa shape index (κ2) is 5.08. The highest BCUT2D eigenvalue weighted by Gasteiger charge is 2.73. The average Bonchev–Trinajstić information content (AvgIpc) is 3.33. The Morgan fingerprint density at radius 3 is 1.85 bits per heavy atom. The molecule has 6 aliphatic rings. The van der Waals surface area contributed by atoms with Crippen LogP contribution in [0.2, 0.25) is 0 Å². The molecule has 0 spiro atoms. The standard InChI is InChI=1S/C23H33F3O/c1-9-10(2)14-6-13(9)19-16-7-17(20(14)19)21-15-5-11(18(16)21)4-12(15)8-22(3,27)23(24,25)26/h9-21,27H,4-8H2,1-3H3. The fraction of sp³-hybridized carbons (Fsp3) is 1.00. The minimum absolute atomic E-state index is 0.0775. The van der Waals surface area contributed by atoms with Crippen molar-refractivity contribution >= 4 is 0 Å². The summed E-state index contributed by atoms with van der Waals surface area (Å²) >= 11 is 0. The third-order valence-electron chi connectivity index (χ3n) is 11.2. The minimum atomic E-state index is -4.51. The van der Waals surface area contributed by atoms with Crippen molar-refractivity contribution in [2.75, 3.05) is 0 Å². The molecule has 6 saturated carbocycles. The van der Waals surface area contributed by atoms with Crippen molar-refractivity contribution in [1.82, 2.24) is 0 Å². The van der Waals surface area contributed by atoms with Gasteiger partial charge in [-0.1, -0.05) is 13.8 Å². The van der Waals surface area contributed by atoms with Crippen molar-refractivity contribution in [3.8, 4) is 0 Å². The molecule has 6 bridgehead atoms. The van der Waals surface area contributed by atoms with Crippen molar-refractivity contribution in [2.45, 2.75) is 64.7 Å². The summed E-state index contributed by atoms with van der Waals surface area (Å²) in [4.78, 5) is 0. The summed E-state index contributed by atoms with van der Waals surface area (Å²) in [5, 5.41) is 10.1. The van der Waals surface area contributed by atoms with Crippen molar-refractivity contribution in [2.24, 2.45) is 76.9 Å². The summed E-state index contributed by atoms with van der Waals surface area (Å²) < 4.78 is 39.8. The second-order valence-electron chi connectivity index (χ2n) is 11.8. The maximum absolute atomic E-state index is 13.3. The van der Waals surface area contributed by atoms with E-state index < -0.39 is 11.8 Å². The first-order valence-electron chi connectivity index (χ1n) is 11.4. The predicted molar refractivity (Wildman–Crippen MR) is 96.5 cm³/mol. The number of hydrogen-bond acceptors (Lipinski definition) is 1. The number of halogens is 3. The van der Waals surface area contributed by atoms with Gasteiger partial charge >= 0.3 is 6.18 Å². The molecule has 14 unspecified atom stereocenters. The van der Waals surface area contributed by atoms with E-state index in [4.69, 9.17) is 0 Å². The Morgan fingerprint density at radius 1 is 0.741 bits per heavy atom. The van der Waals surface area contributed by atoms with E-state index in [1.807, 2.05) is 0 Å². The van der Waals surface area contributed by atoms with Gasteiger partial charge in [0.1, 0.15) is 0 Å². The van der Waals surface area contributed by atoms with Gasteiger partial charge in [0.05, 0.1) is 0 Å². The summed E-state index contributed by atoms with van der Waals surface area (Å²) in [6.45, 7) is 5.93. The SMILES string of the molecule is CC1C(C)C2CC1C1C3CC(C4C5CC(CC5CC(C)(O)C(F)(F)F)C34)C21. The molecular weight excluding hydrogens is 349 g/mol. The van der Waals surface area contributed by atoms with E-state index >= 15 is 0 Å². The predicted octanol–water partition coefficient (Wildman–Crippen LogP) is 5.38. The van der Waals surface area contributed by atoms with Crippen molar-refractivity contribution in [3.63, 3.8) is 0 Å². The zero-order chi connectivity index (χ0) is 19.0. The lowest BCUT2D eigenvalue weighted by Crippen LogP contribution is -2.48. The van der Waals surface area contributed by atoms with Gasteiger partial charge in [-0.05, 0) is 116 Å². The largest absolute Gasteiger partial charge is 0.416 e. The van der Waals surface area contributed by atoms with Gasteiger partial charge in [-0.3, -0.25) is 0 Å². The number of aliphatic hydroxyl groups is 1. The molecule has 1 N–H and O–H groups in total. The first-order valence-corrected chi connectivity index (χ1v) is 11.4. The summed E-state index contributed by atoms with van der Waals surface area (Å²) in [6.07, 6.45) is 0.327. The van der Waals surface area contributed by atoms with Crippen LogP contribution >= 0.6 is 0 Å². The van der Waals surface area contributed by atoms with E-state index in [0.717, 1.165) is 73.0 Å². The van der Waals surface area contributed by atoms with Crippen LogP contribution < -0.4 is 0 Å². The van der Waals surface area contributed by atoms with Crippen LogP contribution in [0.3, 0.4) is 0 Å². The highest BCUT2D eigenvalue weighted by molar-refractivity contribution is 5.21. The van der Waals surface area contributed by atoms with E-state index in [0.29, 0.717) is 17.8 Å². The Morgan fingerprint density at radius 2 is 1.26 bits per heavy atom. The Hall–Kier alpha value is -0.250. The molecule has 0 aromatic rings. The van der Waals surface area contributed by atoms with Gasteiger partial charge in [-0.15, -0.1) is 0 Å². The first kappa shape index (κ1) is 17.6. The Kier molecular flexibility index (Phi) is 3.31. The lowest BCUT2D eigenvalue weighted by molar-refractivity contribution is -0.260. The number of fused-ring (bicyclic) bond motifs is 16. The molecule has 0 aromatic heterocycles. The van der Waals surface area contributed by atoms with Crippen LogP contribution in [0, 0.1) is 76.9 Å². The molecule has 14 atom stereocenters. The third-order valence-corrected chi connectivity index (χ3v) is 11.2. The van der Waals surface area contributed by atoms with Gasteiger partial charge in [-0.25, -0.2) is 0 Å². The van der Waals surface area contributed by atoms with Crippen LogP contribution in [-0.2, 0) is 0 Å². The summed E-state index contributed by atoms with van der Waals surface area (Å²) in [5.41, 5.74) is -2.52. The van der Waals surface area contributed by atoms with Gasteiger partial charge in [0.15, 0.2) is 5.60 Å². The fourth-order valence-corrected chi connectivity index (χ4v) is 10.5. The summed E-state index contributed by atoms with van der Waals surface area (Å²) in [5.74, 6) is 9.75. The Bertz CT molecular complexity index is 656. The van der Waals surface area contributed by atoms with E-state index in [-0.39, 0.29) is 12.3 Å². The smallest absolute Gasteiger partial charge is 0.381 e. The molecule has 0 saturated heterocycles. The van der Waals surface area contributed by atoms with Crippen molar-refractivity contribution in [1.29, 1.82) is 0 Å². The van der Waals surface area contributed by atoms with Gasteiger partial charge < -0.3 is 5.11 Å². The van der Waals surface area contributed by atoms with Crippen LogP contribution in [0.1, 0.15) is 52.9 Å². The molecule has 6 rings (SSSR count). The van der Waals surface area contributed by atoms with Gasteiger partial charge in [-0.2, -0.15) is 13.2 Å². The lowest BCUT2D eigenvalue weighted by Gasteiger charge is -2.50. The highest BCUT2D eigenvalue weighted by Crippen LogP contribution is 2.78. The molecule has 4 heteroatoms. The molecule has 6 aliphatic carbocycles. The van der Waals surface area contributed by atoms with E-state index in [1.165, 1.54) is 12.8 Å². The molecule has 27 heavy (non-hydrogen) atoms. The fourth-order valence-electron chi connectivity index (χ4n) is 10.5. The number of alkyl halides is 3. The van der Waals surface area contributed by atoms with Crippen LogP contribution in [0.25, 0.3) is 0 Å². The van der Waals surface area contributed by atoms with Gasteiger partial charge in [0, 0.05) is 0 Å². The molecule has 0 aromatic carbocycles. The normalized spacial score (nSPS) is 62.1. The monoisotopic (exact) mass is 382 g/mol. The molecule has 0 radical (unpaired) electrons. The van der Waals surface area contributed by atoms with Crippen LogP contribution in [0.15, 0.2) is 0 Å². The molecule has 0 heterocycles. The van der Waals surface area contributed by atoms with E-state index in [2.05, 4.69) is 13.8 Å². The number of rotatable bonds is 2. The van der Waals surface area contributed by atoms with Crippen LogP contribution in [-0.4, -0.2) is 16.9 Å². The second-order valence-corrected chi connectivity index (χ2v) is 11.8. The molecular formula is C23H33F3O. The van der Waals surface area contributed by atoms with Crippen molar-refractivity contribution in [3.05, 3.63) is 0 Å². The molecule has 0 aliphatic heterocycles. The van der Waals surface area contributed by atoms with E-state index in [1.54, 1.807) is 0 Å². The third kappa shape index (κ3) is 1.98. The quantitative estimate of drug-likeness (QED) is 0.636. The Balaban J connectivity index is 1.26. The first-order chi connectivity index (χ1) is 12.6. The summed E-state index contributed by atoms with van der Waals surface area (Å²) in [6, 6.07) is 0. The maximum Gasteiger partial charge on any atom is 0.416 e. The van der Waals surface area contributed by atoms with E-state index in [9.17, 15) is 18.3 Å². The van der Waals surface area contributed by atoms with Crippen molar-refractivity contribution < 1.29 is 18.3 Å². The maximum atomic E-state index is 13.3. The average molecular weight is 383 g/mol. The highest BCUT2D eigenvalue weighted by atomic mass is 19.4. The minimum Gasteiger partial charge on any atom is -0.381 e. The Labute approximate surface area is 160 Å². The number of hydrogen-bond donors (Lipinski definition) is 1. The van der Waals surface area contributed by atoms with Crippen LogP contribution in [0.4, 0.5) is 13.2 Å². The molecule has 152 valence electrons.